The Labute approximate surface area is 114 Å². The highest BCUT2D eigenvalue weighted by atomic mass is 35.5. The van der Waals surface area contributed by atoms with Crippen molar-refractivity contribution in [2.75, 3.05) is 17.7 Å². The minimum absolute atomic E-state index is 0.453. The summed E-state index contributed by atoms with van der Waals surface area (Å²) in [5.41, 5.74) is 1.24. The van der Waals surface area contributed by atoms with Gasteiger partial charge in [0.1, 0.15) is 11.0 Å². The summed E-state index contributed by atoms with van der Waals surface area (Å²) in [5, 5.41) is 0.453. The summed E-state index contributed by atoms with van der Waals surface area (Å²) >= 11 is 7.60. The van der Waals surface area contributed by atoms with Crippen LogP contribution in [0, 0.1) is 0 Å². The molecule has 0 radical (unpaired) electrons. The second-order valence-electron chi connectivity index (χ2n) is 3.94. The molecule has 1 aliphatic rings. The first-order valence-corrected chi connectivity index (χ1v) is 7.17. The highest BCUT2D eigenvalue weighted by Crippen LogP contribution is 2.32. The van der Waals surface area contributed by atoms with E-state index in [1.165, 1.54) is 10.5 Å². The van der Waals surface area contributed by atoms with Gasteiger partial charge in [0.2, 0.25) is 5.95 Å². The maximum Gasteiger partial charge on any atom is 0.232 e. The number of fused-ring (bicyclic) bond motifs is 1. The molecular formula is C12H11ClN4S. The standard InChI is InChI=1S/C12H11ClN4S/c1-18-9-6-8-3-5-17(11(8)15-7-9)12-14-4-2-10(13)16-12/h2,4,6-7H,3,5H2,1H3. The van der Waals surface area contributed by atoms with Gasteiger partial charge in [-0.25, -0.2) is 15.0 Å². The van der Waals surface area contributed by atoms with Gasteiger partial charge >= 0.3 is 0 Å². The maximum absolute atomic E-state index is 5.90. The van der Waals surface area contributed by atoms with E-state index >= 15 is 0 Å². The molecule has 0 bridgehead atoms. The molecule has 0 saturated heterocycles. The Kier molecular flexibility index (Phi) is 3.09. The third kappa shape index (κ3) is 2.04. The third-order valence-corrected chi connectivity index (χ3v) is 3.77. The van der Waals surface area contributed by atoms with Crippen LogP contribution in [-0.2, 0) is 6.42 Å². The van der Waals surface area contributed by atoms with Crippen LogP contribution in [0.3, 0.4) is 0 Å². The number of halogens is 1. The fraction of sp³-hybridized carbons (Fsp3) is 0.250. The van der Waals surface area contributed by atoms with Crippen molar-refractivity contribution in [2.24, 2.45) is 0 Å². The molecule has 0 aliphatic carbocycles. The van der Waals surface area contributed by atoms with Crippen LogP contribution in [0.15, 0.2) is 29.4 Å². The van der Waals surface area contributed by atoms with E-state index in [0.717, 1.165) is 18.8 Å². The quantitative estimate of drug-likeness (QED) is 0.624. The van der Waals surface area contributed by atoms with Crippen LogP contribution in [0.5, 0.6) is 0 Å². The fourth-order valence-electron chi connectivity index (χ4n) is 2.01. The molecule has 2 aromatic heterocycles. The molecule has 0 aromatic carbocycles. The summed E-state index contributed by atoms with van der Waals surface area (Å²) in [7, 11) is 0. The zero-order valence-electron chi connectivity index (χ0n) is 9.80. The van der Waals surface area contributed by atoms with Crippen LogP contribution >= 0.6 is 23.4 Å². The van der Waals surface area contributed by atoms with Crippen LogP contribution in [0.25, 0.3) is 0 Å². The van der Waals surface area contributed by atoms with Gasteiger partial charge in [-0.2, -0.15) is 0 Å². The fourth-order valence-corrected chi connectivity index (χ4v) is 2.56. The summed E-state index contributed by atoms with van der Waals surface area (Å²) in [5.74, 6) is 1.56. The van der Waals surface area contributed by atoms with Gasteiger partial charge in [0.15, 0.2) is 0 Å². The Balaban J connectivity index is 2.00. The molecule has 0 atom stereocenters. The Morgan fingerprint density at radius 1 is 1.39 bits per heavy atom. The van der Waals surface area contributed by atoms with Crippen molar-refractivity contribution < 1.29 is 0 Å². The van der Waals surface area contributed by atoms with Gasteiger partial charge in [-0.05, 0) is 30.4 Å². The molecule has 0 amide bonds. The van der Waals surface area contributed by atoms with Crippen LogP contribution in [-0.4, -0.2) is 27.8 Å². The van der Waals surface area contributed by atoms with Gasteiger partial charge in [0.05, 0.1) is 0 Å². The third-order valence-electron chi connectivity index (χ3n) is 2.86. The smallest absolute Gasteiger partial charge is 0.232 e. The highest BCUT2D eigenvalue weighted by Gasteiger charge is 2.24. The lowest BCUT2D eigenvalue weighted by molar-refractivity contribution is 0.931. The number of rotatable bonds is 2. The summed E-state index contributed by atoms with van der Waals surface area (Å²) in [6.07, 6.45) is 6.56. The minimum Gasteiger partial charge on any atom is -0.294 e. The van der Waals surface area contributed by atoms with Gasteiger partial charge in [0, 0.05) is 23.8 Å². The zero-order valence-corrected chi connectivity index (χ0v) is 11.4. The van der Waals surface area contributed by atoms with E-state index in [2.05, 4.69) is 27.3 Å². The lowest BCUT2D eigenvalue weighted by Crippen LogP contribution is -2.17. The van der Waals surface area contributed by atoms with Crippen LogP contribution in [0.2, 0.25) is 5.15 Å². The summed E-state index contributed by atoms with van der Waals surface area (Å²) in [6.45, 7) is 0.848. The summed E-state index contributed by atoms with van der Waals surface area (Å²) in [4.78, 5) is 16.2. The van der Waals surface area contributed by atoms with E-state index in [9.17, 15) is 0 Å². The Morgan fingerprint density at radius 2 is 2.28 bits per heavy atom. The first kappa shape index (κ1) is 11.7. The largest absolute Gasteiger partial charge is 0.294 e. The normalized spacial score (nSPS) is 13.8. The van der Waals surface area contributed by atoms with Crippen LogP contribution < -0.4 is 4.90 Å². The summed E-state index contributed by atoms with van der Waals surface area (Å²) in [6, 6.07) is 3.85. The lowest BCUT2D eigenvalue weighted by Gasteiger charge is -2.15. The highest BCUT2D eigenvalue weighted by molar-refractivity contribution is 7.98. The molecule has 2 aromatic rings. The maximum atomic E-state index is 5.90. The molecule has 3 rings (SSSR count). The van der Waals surface area contributed by atoms with Crippen molar-refractivity contribution in [3.05, 3.63) is 35.2 Å². The number of hydrogen-bond donors (Lipinski definition) is 0. The van der Waals surface area contributed by atoms with Crippen molar-refractivity contribution >= 4 is 35.1 Å². The van der Waals surface area contributed by atoms with Gasteiger partial charge < -0.3 is 0 Å². The first-order chi connectivity index (χ1) is 8.78. The number of pyridine rings is 1. The SMILES string of the molecule is CSc1cnc2c(c1)CCN2c1nccc(Cl)n1. The zero-order chi connectivity index (χ0) is 12.5. The van der Waals surface area contributed by atoms with Crippen molar-refractivity contribution in [1.29, 1.82) is 0 Å². The molecule has 6 heteroatoms. The van der Waals surface area contributed by atoms with Crippen molar-refractivity contribution in [1.82, 2.24) is 15.0 Å². The van der Waals surface area contributed by atoms with E-state index in [-0.39, 0.29) is 0 Å². The van der Waals surface area contributed by atoms with Gasteiger partial charge in [-0.3, -0.25) is 4.90 Å². The Morgan fingerprint density at radius 3 is 3.06 bits per heavy atom. The van der Waals surface area contributed by atoms with Crippen LogP contribution in [0.4, 0.5) is 11.8 Å². The predicted octanol–water partition coefficient (Wildman–Crippen LogP) is 2.94. The average Bonchev–Trinajstić information content (AvgIpc) is 2.81. The lowest BCUT2D eigenvalue weighted by atomic mass is 10.2. The first-order valence-electron chi connectivity index (χ1n) is 5.57. The molecular weight excluding hydrogens is 268 g/mol. The van der Waals surface area contributed by atoms with E-state index < -0.39 is 0 Å². The second kappa shape index (κ2) is 4.74. The second-order valence-corrected chi connectivity index (χ2v) is 5.21. The van der Waals surface area contributed by atoms with E-state index in [4.69, 9.17) is 11.6 Å². The number of nitrogens with zero attached hydrogens (tertiary/aromatic N) is 4. The van der Waals surface area contributed by atoms with Gasteiger partial charge in [-0.15, -0.1) is 11.8 Å². The molecule has 0 fully saturated rings. The monoisotopic (exact) mass is 278 g/mol. The molecule has 18 heavy (non-hydrogen) atoms. The Hall–Kier alpha value is -1.33. The number of hydrogen-bond acceptors (Lipinski definition) is 5. The Bertz CT molecular complexity index is 590. The number of thioether (sulfide) groups is 1. The molecule has 1 aliphatic heterocycles. The van der Waals surface area contributed by atoms with E-state index in [1.807, 2.05) is 11.1 Å². The van der Waals surface area contributed by atoms with Crippen molar-refractivity contribution in [3.63, 3.8) is 0 Å². The molecule has 0 unspecified atom stereocenters. The van der Waals surface area contributed by atoms with Gasteiger partial charge in [0.25, 0.3) is 0 Å². The van der Waals surface area contributed by atoms with E-state index in [0.29, 0.717) is 11.1 Å². The molecule has 92 valence electrons. The molecule has 0 N–H and O–H groups in total. The van der Waals surface area contributed by atoms with Gasteiger partial charge in [-0.1, -0.05) is 11.6 Å². The van der Waals surface area contributed by atoms with Crippen molar-refractivity contribution in [3.8, 4) is 0 Å². The van der Waals surface area contributed by atoms with E-state index in [1.54, 1.807) is 24.0 Å². The number of anilines is 2. The molecule has 0 spiro atoms. The number of aromatic nitrogens is 3. The average molecular weight is 279 g/mol. The summed E-state index contributed by atoms with van der Waals surface area (Å²) < 4.78 is 0. The predicted molar refractivity (Wildman–Crippen MR) is 73.8 cm³/mol. The van der Waals surface area contributed by atoms with Crippen LogP contribution in [0.1, 0.15) is 5.56 Å². The molecule has 4 nitrogen and oxygen atoms in total. The minimum atomic E-state index is 0.453. The topological polar surface area (TPSA) is 41.9 Å². The molecule has 3 heterocycles. The van der Waals surface area contributed by atoms with Crippen molar-refractivity contribution in [2.45, 2.75) is 11.3 Å². The molecule has 0 saturated carbocycles.